The number of rotatable bonds is 1. The third kappa shape index (κ3) is 2.40. The number of nitrogens with zero attached hydrogens (tertiary/aromatic N) is 1. The largest absolute Gasteiger partial charge is 0.336 e. The molecule has 1 N–H and O–H groups in total. The van der Waals surface area contributed by atoms with Crippen LogP contribution in [0.5, 0.6) is 0 Å². The molecule has 0 aromatic carbocycles. The molecule has 0 bridgehead atoms. The normalized spacial score (nSPS) is 36.1. The molecule has 2 heterocycles. The number of likely N-dealkylation sites (tertiary alicyclic amines) is 1. The Kier molecular flexibility index (Phi) is 3.85. The van der Waals surface area contributed by atoms with Crippen molar-refractivity contribution >= 4 is 5.91 Å². The van der Waals surface area contributed by atoms with Crippen LogP contribution in [0.2, 0.25) is 0 Å². The van der Waals surface area contributed by atoms with Gasteiger partial charge < -0.3 is 10.2 Å². The first-order valence-electron chi connectivity index (χ1n) is 6.75. The van der Waals surface area contributed by atoms with Crippen molar-refractivity contribution in [1.82, 2.24) is 10.2 Å². The minimum atomic E-state index is 0.0942. The summed E-state index contributed by atoms with van der Waals surface area (Å²) in [6, 6.07) is 0.955. The summed E-state index contributed by atoms with van der Waals surface area (Å²) in [7, 11) is 0. The topological polar surface area (TPSA) is 32.3 Å². The second-order valence-electron chi connectivity index (χ2n) is 5.38. The van der Waals surface area contributed by atoms with Crippen molar-refractivity contribution in [2.75, 3.05) is 6.54 Å². The van der Waals surface area contributed by atoms with Gasteiger partial charge in [-0.1, -0.05) is 6.42 Å². The molecule has 0 aromatic heterocycles. The molecule has 0 aromatic rings. The highest BCUT2D eigenvalue weighted by Crippen LogP contribution is 2.24. The molecule has 1 amide bonds. The predicted molar refractivity (Wildman–Crippen MR) is 65.3 cm³/mol. The Bertz CT molecular complexity index is 238. The summed E-state index contributed by atoms with van der Waals surface area (Å²) in [5.74, 6) is 0.347. The third-order valence-corrected chi connectivity index (χ3v) is 4.06. The first-order chi connectivity index (χ1) is 7.70. The van der Waals surface area contributed by atoms with Crippen LogP contribution >= 0.6 is 0 Å². The quantitative estimate of drug-likeness (QED) is 0.738. The van der Waals surface area contributed by atoms with Gasteiger partial charge in [0.2, 0.25) is 5.91 Å². The van der Waals surface area contributed by atoms with Crippen molar-refractivity contribution in [2.45, 2.75) is 70.5 Å². The monoisotopic (exact) mass is 224 g/mol. The van der Waals surface area contributed by atoms with Crippen LogP contribution < -0.4 is 5.32 Å². The van der Waals surface area contributed by atoms with Crippen molar-refractivity contribution in [3.05, 3.63) is 0 Å². The van der Waals surface area contributed by atoms with E-state index in [0.717, 1.165) is 13.0 Å². The van der Waals surface area contributed by atoms with Crippen LogP contribution in [0.1, 0.15) is 52.4 Å². The van der Waals surface area contributed by atoms with E-state index >= 15 is 0 Å². The van der Waals surface area contributed by atoms with Crippen molar-refractivity contribution < 1.29 is 4.79 Å². The van der Waals surface area contributed by atoms with Gasteiger partial charge in [-0.05, 0) is 52.5 Å². The van der Waals surface area contributed by atoms with Crippen LogP contribution in [0.25, 0.3) is 0 Å². The van der Waals surface area contributed by atoms with Gasteiger partial charge in [0.05, 0.1) is 6.04 Å². The molecular formula is C13H24N2O. The average Bonchev–Trinajstić information content (AvgIpc) is 2.30. The van der Waals surface area contributed by atoms with Crippen LogP contribution in [0.15, 0.2) is 0 Å². The lowest BCUT2D eigenvalue weighted by molar-refractivity contribution is -0.140. The van der Waals surface area contributed by atoms with Gasteiger partial charge >= 0.3 is 0 Å². The summed E-state index contributed by atoms with van der Waals surface area (Å²) in [5.41, 5.74) is 0. The number of amides is 1. The number of carbonyl (C=O) groups excluding carboxylic acids is 1. The lowest BCUT2D eigenvalue weighted by atomic mass is 9.95. The molecule has 2 aliphatic heterocycles. The molecule has 16 heavy (non-hydrogen) atoms. The summed E-state index contributed by atoms with van der Waals surface area (Å²) >= 11 is 0. The van der Waals surface area contributed by atoms with Crippen LogP contribution in [-0.2, 0) is 4.79 Å². The molecular weight excluding hydrogens is 200 g/mol. The molecule has 2 aliphatic rings. The van der Waals surface area contributed by atoms with E-state index in [9.17, 15) is 4.79 Å². The maximum atomic E-state index is 12.4. The smallest absolute Gasteiger partial charge is 0.240 e. The number of piperidine rings is 2. The highest BCUT2D eigenvalue weighted by molar-refractivity contribution is 5.82. The lowest BCUT2D eigenvalue weighted by Gasteiger charge is -2.41. The molecule has 3 atom stereocenters. The van der Waals surface area contributed by atoms with Gasteiger partial charge in [-0.25, -0.2) is 0 Å². The lowest BCUT2D eigenvalue weighted by Crippen LogP contribution is -2.55. The average molecular weight is 224 g/mol. The molecule has 3 heteroatoms. The first-order valence-corrected chi connectivity index (χ1v) is 6.75. The zero-order valence-electron chi connectivity index (χ0n) is 10.5. The number of nitrogens with one attached hydrogen (secondary N) is 1. The molecule has 3 nitrogen and oxygen atoms in total. The molecule has 2 fully saturated rings. The Morgan fingerprint density at radius 3 is 2.31 bits per heavy atom. The highest BCUT2D eigenvalue weighted by Gasteiger charge is 2.33. The van der Waals surface area contributed by atoms with Crippen molar-refractivity contribution in [2.24, 2.45) is 0 Å². The first kappa shape index (κ1) is 11.9. The summed E-state index contributed by atoms with van der Waals surface area (Å²) in [5, 5.41) is 3.37. The molecule has 0 spiro atoms. The van der Waals surface area contributed by atoms with Crippen molar-refractivity contribution in [3.8, 4) is 0 Å². The summed E-state index contributed by atoms with van der Waals surface area (Å²) < 4.78 is 0. The van der Waals surface area contributed by atoms with Gasteiger partial charge in [-0.2, -0.15) is 0 Å². The van der Waals surface area contributed by atoms with E-state index in [4.69, 9.17) is 0 Å². The van der Waals surface area contributed by atoms with Gasteiger partial charge in [0.15, 0.2) is 0 Å². The van der Waals surface area contributed by atoms with Crippen LogP contribution in [0.4, 0.5) is 0 Å². The molecule has 0 radical (unpaired) electrons. The molecule has 2 rings (SSSR count). The van der Waals surface area contributed by atoms with Crippen LogP contribution in [0, 0.1) is 0 Å². The standard InChI is InChI=1S/C13H24N2O/c1-10-6-5-7-11(2)15(10)13(16)12-8-3-4-9-14-12/h10-12,14H,3-9H2,1-2H3/t10-,11+,12?. The predicted octanol–water partition coefficient (Wildman–Crippen LogP) is 1.92. The SMILES string of the molecule is C[C@@H]1CCC[C@H](C)N1C(=O)C1CCCCN1. The maximum Gasteiger partial charge on any atom is 0.240 e. The number of carbonyl (C=O) groups is 1. The van der Waals surface area contributed by atoms with E-state index in [0.29, 0.717) is 18.0 Å². The zero-order chi connectivity index (χ0) is 11.5. The number of hydrogen-bond donors (Lipinski definition) is 1. The third-order valence-electron chi connectivity index (χ3n) is 4.06. The molecule has 2 saturated heterocycles. The Labute approximate surface area is 98.6 Å². The minimum absolute atomic E-state index is 0.0942. The summed E-state index contributed by atoms with van der Waals surface area (Å²) in [4.78, 5) is 14.6. The van der Waals surface area contributed by atoms with E-state index in [1.807, 2.05) is 0 Å². The molecule has 0 saturated carbocycles. The Balaban J connectivity index is 2.00. The number of hydrogen-bond acceptors (Lipinski definition) is 2. The fraction of sp³-hybridized carbons (Fsp3) is 0.923. The van der Waals surface area contributed by atoms with Crippen molar-refractivity contribution in [3.63, 3.8) is 0 Å². The Morgan fingerprint density at radius 2 is 1.75 bits per heavy atom. The highest BCUT2D eigenvalue weighted by atomic mass is 16.2. The summed E-state index contributed by atoms with van der Waals surface area (Å²) in [6.07, 6.45) is 7.04. The van der Waals surface area contributed by atoms with Crippen molar-refractivity contribution in [1.29, 1.82) is 0 Å². The second-order valence-corrected chi connectivity index (χ2v) is 5.38. The fourth-order valence-corrected chi connectivity index (χ4v) is 3.10. The van der Waals surface area contributed by atoms with Gasteiger partial charge in [-0.3, -0.25) is 4.79 Å². The van der Waals surface area contributed by atoms with Gasteiger partial charge in [0, 0.05) is 12.1 Å². The Hall–Kier alpha value is -0.570. The van der Waals surface area contributed by atoms with Gasteiger partial charge in [-0.15, -0.1) is 0 Å². The Morgan fingerprint density at radius 1 is 1.06 bits per heavy atom. The van der Waals surface area contributed by atoms with Gasteiger partial charge in [0.25, 0.3) is 0 Å². The van der Waals surface area contributed by atoms with E-state index in [-0.39, 0.29) is 6.04 Å². The molecule has 92 valence electrons. The van der Waals surface area contributed by atoms with E-state index in [1.165, 1.54) is 32.1 Å². The van der Waals surface area contributed by atoms with Gasteiger partial charge in [0.1, 0.15) is 0 Å². The molecule has 1 unspecified atom stereocenters. The van der Waals surface area contributed by atoms with Crippen LogP contribution in [-0.4, -0.2) is 35.5 Å². The summed E-state index contributed by atoms with van der Waals surface area (Å²) in [6.45, 7) is 5.39. The zero-order valence-corrected chi connectivity index (χ0v) is 10.5. The maximum absolute atomic E-state index is 12.4. The van der Waals surface area contributed by atoms with E-state index in [1.54, 1.807) is 0 Å². The second kappa shape index (κ2) is 5.17. The molecule has 0 aliphatic carbocycles. The minimum Gasteiger partial charge on any atom is -0.336 e. The van der Waals surface area contributed by atoms with E-state index < -0.39 is 0 Å². The van der Waals surface area contributed by atoms with E-state index in [2.05, 4.69) is 24.1 Å². The van der Waals surface area contributed by atoms with Crippen LogP contribution in [0.3, 0.4) is 0 Å². The fourth-order valence-electron chi connectivity index (χ4n) is 3.10.